The van der Waals surface area contributed by atoms with Crippen LogP contribution in [-0.2, 0) is 17.6 Å². The van der Waals surface area contributed by atoms with E-state index in [2.05, 4.69) is 17.0 Å². The maximum atomic E-state index is 12.7. The van der Waals surface area contributed by atoms with Gasteiger partial charge in [-0.05, 0) is 60.6 Å². The number of anilines is 1. The number of allylic oxidation sites excluding steroid dienone is 2. The number of ketones is 2. The summed E-state index contributed by atoms with van der Waals surface area (Å²) in [6.07, 6.45) is 7.62. The largest absolute Gasteiger partial charge is 0.506 e. The van der Waals surface area contributed by atoms with E-state index in [4.69, 9.17) is 0 Å². The highest BCUT2D eigenvalue weighted by atomic mass is 16.3. The van der Waals surface area contributed by atoms with Crippen molar-refractivity contribution in [2.75, 3.05) is 18.0 Å². The Morgan fingerprint density at radius 1 is 1.00 bits per heavy atom. The van der Waals surface area contributed by atoms with Gasteiger partial charge in [0.25, 0.3) is 0 Å². The number of benzene rings is 2. The molecule has 1 aliphatic carbocycles. The van der Waals surface area contributed by atoms with Crippen LogP contribution in [-0.4, -0.2) is 29.8 Å². The van der Waals surface area contributed by atoms with Crippen molar-refractivity contribution in [1.82, 2.24) is 0 Å². The minimum atomic E-state index is -0.452. The highest BCUT2D eigenvalue weighted by Gasteiger charge is 2.32. The molecule has 5 rings (SSSR count). The van der Waals surface area contributed by atoms with E-state index in [9.17, 15) is 14.7 Å². The first-order chi connectivity index (χ1) is 13.6. The highest BCUT2D eigenvalue weighted by molar-refractivity contribution is 6.36. The van der Waals surface area contributed by atoms with E-state index in [0.29, 0.717) is 11.1 Å². The van der Waals surface area contributed by atoms with Gasteiger partial charge < -0.3 is 10.0 Å². The monoisotopic (exact) mass is 371 g/mol. The predicted molar refractivity (Wildman–Crippen MR) is 110 cm³/mol. The first-order valence-corrected chi connectivity index (χ1v) is 9.84. The van der Waals surface area contributed by atoms with Crippen molar-refractivity contribution in [1.29, 1.82) is 0 Å². The zero-order valence-corrected chi connectivity index (χ0v) is 15.6. The van der Waals surface area contributed by atoms with E-state index in [0.717, 1.165) is 44.3 Å². The SMILES string of the molecule is O=C(/C=C/c1cc2c3c(c1)CCCN3CCC2)C1=C(O)c2ccccc2C1=O. The van der Waals surface area contributed by atoms with Gasteiger partial charge in [-0.1, -0.05) is 30.3 Å². The Hall–Kier alpha value is -3.14. The molecule has 4 nitrogen and oxygen atoms in total. The van der Waals surface area contributed by atoms with E-state index < -0.39 is 11.6 Å². The number of Topliss-reactive ketones (excluding diaryl/α,β-unsaturated/α-hetero) is 1. The average Bonchev–Trinajstić information content (AvgIpc) is 2.97. The fraction of sp³-hybridized carbons (Fsp3) is 0.250. The topological polar surface area (TPSA) is 57.6 Å². The van der Waals surface area contributed by atoms with Crippen molar-refractivity contribution in [2.45, 2.75) is 25.7 Å². The fourth-order valence-corrected chi connectivity index (χ4v) is 4.68. The molecule has 1 N–H and O–H groups in total. The number of carbonyl (C=O) groups is 2. The number of aryl methyl sites for hydroxylation is 2. The second-order valence-corrected chi connectivity index (χ2v) is 7.68. The van der Waals surface area contributed by atoms with E-state index in [1.165, 1.54) is 22.9 Å². The molecule has 2 aromatic carbocycles. The zero-order valence-electron chi connectivity index (χ0n) is 15.6. The van der Waals surface area contributed by atoms with Crippen LogP contribution in [0.5, 0.6) is 0 Å². The minimum Gasteiger partial charge on any atom is -0.506 e. The molecule has 28 heavy (non-hydrogen) atoms. The third-order valence-corrected chi connectivity index (χ3v) is 5.92. The van der Waals surface area contributed by atoms with E-state index >= 15 is 0 Å². The lowest BCUT2D eigenvalue weighted by molar-refractivity contribution is -0.110. The van der Waals surface area contributed by atoms with Gasteiger partial charge in [0.05, 0.1) is 0 Å². The lowest BCUT2D eigenvalue weighted by Gasteiger charge is -2.37. The van der Waals surface area contributed by atoms with E-state index in [-0.39, 0.29) is 11.3 Å². The van der Waals surface area contributed by atoms with Crippen molar-refractivity contribution in [3.63, 3.8) is 0 Å². The summed E-state index contributed by atoms with van der Waals surface area (Å²) in [5.41, 5.74) is 5.75. The molecule has 0 saturated heterocycles. The quantitative estimate of drug-likeness (QED) is 0.651. The molecule has 3 aliphatic rings. The Balaban J connectivity index is 1.45. The van der Waals surface area contributed by atoms with Crippen LogP contribution in [0.2, 0.25) is 0 Å². The van der Waals surface area contributed by atoms with Crippen LogP contribution in [0, 0.1) is 0 Å². The van der Waals surface area contributed by atoms with Gasteiger partial charge in [0.1, 0.15) is 11.3 Å². The van der Waals surface area contributed by atoms with Gasteiger partial charge in [-0.2, -0.15) is 0 Å². The molecule has 0 radical (unpaired) electrons. The third-order valence-electron chi connectivity index (χ3n) is 5.92. The van der Waals surface area contributed by atoms with Crippen LogP contribution in [0.25, 0.3) is 11.8 Å². The summed E-state index contributed by atoms with van der Waals surface area (Å²) in [5, 5.41) is 10.4. The first-order valence-electron chi connectivity index (χ1n) is 9.84. The number of hydrogen-bond donors (Lipinski definition) is 1. The zero-order chi connectivity index (χ0) is 19.3. The van der Waals surface area contributed by atoms with Gasteiger partial charge in [-0.3, -0.25) is 9.59 Å². The molecule has 2 aromatic rings. The molecule has 0 amide bonds. The van der Waals surface area contributed by atoms with Crippen molar-refractivity contribution in [3.8, 4) is 0 Å². The number of nitrogens with zero attached hydrogens (tertiary/aromatic N) is 1. The standard InChI is InChI=1S/C24H21NO3/c26-20(21-23(27)18-7-1-2-8-19(18)24(21)28)10-9-15-13-16-5-3-11-25-12-4-6-17(14-15)22(16)25/h1-2,7-10,13-14,27H,3-6,11-12H2/b10-9+. The molecular weight excluding hydrogens is 350 g/mol. The molecule has 0 aromatic heterocycles. The van der Waals surface area contributed by atoms with Crippen LogP contribution in [0.3, 0.4) is 0 Å². The Bertz CT molecular complexity index is 1050. The van der Waals surface area contributed by atoms with Crippen LogP contribution in [0.15, 0.2) is 48.0 Å². The normalized spacial score (nSPS) is 17.9. The number of aliphatic hydroxyl groups excluding tert-OH is 1. The molecule has 2 aliphatic heterocycles. The molecule has 2 heterocycles. The summed E-state index contributed by atoms with van der Waals surface area (Å²) in [6.45, 7) is 2.26. The Morgan fingerprint density at radius 2 is 1.64 bits per heavy atom. The van der Waals surface area contributed by atoms with Gasteiger partial charge in [0.2, 0.25) is 5.78 Å². The second kappa shape index (κ2) is 6.48. The summed E-state index contributed by atoms with van der Waals surface area (Å²) < 4.78 is 0. The van der Waals surface area contributed by atoms with Gasteiger partial charge >= 0.3 is 0 Å². The van der Waals surface area contributed by atoms with Crippen molar-refractivity contribution in [3.05, 3.63) is 75.9 Å². The van der Waals surface area contributed by atoms with Gasteiger partial charge in [-0.25, -0.2) is 0 Å². The smallest absolute Gasteiger partial charge is 0.201 e. The van der Waals surface area contributed by atoms with Gasteiger partial charge in [0.15, 0.2) is 5.78 Å². The summed E-state index contributed by atoms with van der Waals surface area (Å²) in [5.74, 6) is -1.07. The molecule has 0 bridgehead atoms. The maximum Gasteiger partial charge on any atom is 0.201 e. The summed E-state index contributed by atoms with van der Waals surface area (Å²) >= 11 is 0. The number of aliphatic hydroxyl groups is 1. The first kappa shape index (κ1) is 17.0. The molecule has 0 fully saturated rings. The lowest BCUT2D eigenvalue weighted by Crippen LogP contribution is -2.34. The Morgan fingerprint density at radius 3 is 2.29 bits per heavy atom. The molecular formula is C24H21NO3. The van der Waals surface area contributed by atoms with Crippen molar-refractivity contribution >= 4 is 29.1 Å². The Kier molecular flexibility index (Phi) is 3.93. The van der Waals surface area contributed by atoms with E-state index in [1.807, 2.05) is 0 Å². The van der Waals surface area contributed by atoms with Crippen molar-refractivity contribution < 1.29 is 14.7 Å². The summed E-state index contributed by atoms with van der Waals surface area (Å²) in [6, 6.07) is 11.1. The molecule has 0 atom stereocenters. The highest BCUT2D eigenvalue weighted by Crippen LogP contribution is 2.36. The molecule has 140 valence electrons. The predicted octanol–water partition coefficient (Wildman–Crippen LogP) is 4.13. The molecule has 4 heteroatoms. The van der Waals surface area contributed by atoms with Crippen LogP contribution >= 0.6 is 0 Å². The molecule has 0 saturated carbocycles. The average molecular weight is 371 g/mol. The van der Waals surface area contributed by atoms with Crippen molar-refractivity contribution in [2.24, 2.45) is 0 Å². The maximum absolute atomic E-state index is 12.7. The molecule has 0 unspecified atom stereocenters. The van der Waals surface area contributed by atoms with Gasteiger partial charge in [-0.15, -0.1) is 0 Å². The lowest BCUT2D eigenvalue weighted by atomic mass is 9.90. The number of fused-ring (bicyclic) bond motifs is 1. The fourth-order valence-electron chi connectivity index (χ4n) is 4.68. The van der Waals surface area contributed by atoms with Crippen LogP contribution in [0.1, 0.15) is 45.5 Å². The third kappa shape index (κ3) is 2.60. The van der Waals surface area contributed by atoms with Gasteiger partial charge in [0, 0.05) is 29.9 Å². The number of carbonyl (C=O) groups excluding carboxylic acids is 2. The summed E-state index contributed by atoms with van der Waals surface area (Å²) in [4.78, 5) is 27.7. The van der Waals surface area contributed by atoms with E-state index in [1.54, 1.807) is 30.3 Å². The number of hydrogen-bond acceptors (Lipinski definition) is 4. The molecule has 0 spiro atoms. The second-order valence-electron chi connectivity index (χ2n) is 7.68. The van der Waals surface area contributed by atoms with Crippen LogP contribution in [0.4, 0.5) is 5.69 Å². The summed E-state index contributed by atoms with van der Waals surface area (Å²) in [7, 11) is 0. The number of rotatable bonds is 3. The van der Waals surface area contributed by atoms with Crippen LogP contribution < -0.4 is 4.90 Å². The minimum absolute atomic E-state index is 0.136. The Labute approximate surface area is 163 Å².